The zero-order valence-corrected chi connectivity index (χ0v) is 11.6. The number of nitrogens with one attached hydrogen (secondary N) is 1. The highest BCUT2D eigenvalue weighted by atomic mass is 35.5. The van der Waals surface area contributed by atoms with E-state index in [1.54, 1.807) is 6.07 Å². The number of benzene rings is 1. The van der Waals surface area contributed by atoms with Gasteiger partial charge in [0.05, 0.1) is 6.61 Å². The first-order valence-electron chi connectivity index (χ1n) is 6.05. The number of nitrogens with zero attached hydrogens (tertiary/aromatic N) is 1. The van der Waals surface area contributed by atoms with Gasteiger partial charge in [-0.15, -0.1) is 0 Å². The van der Waals surface area contributed by atoms with Gasteiger partial charge in [0.25, 0.3) is 5.91 Å². The molecule has 2 aromatic rings. The van der Waals surface area contributed by atoms with Crippen molar-refractivity contribution in [3.63, 3.8) is 0 Å². The van der Waals surface area contributed by atoms with Gasteiger partial charge < -0.3 is 0 Å². The Bertz CT molecular complexity index is 599. The van der Waals surface area contributed by atoms with Crippen molar-refractivity contribution >= 4 is 28.3 Å². The van der Waals surface area contributed by atoms with Crippen LogP contribution in [0, 0.1) is 5.92 Å². The van der Waals surface area contributed by atoms with Crippen LogP contribution in [0.25, 0.3) is 10.8 Å². The summed E-state index contributed by atoms with van der Waals surface area (Å²) in [7, 11) is 0. The van der Waals surface area contributed by atoms with Crippen molar-refractivity contribution in [2.75, 3.05) is 6.61 Å². The fourth-order valence-corrected chi connectivity index (χ4v) is 1.86. The minimum Gasteiger partial charge on any atom is -0.273 e. The van der Waals surface area contributed by atoms with Gasteiger partial charge in [0, 0.05) is 5.39 Å². The van der Waals surface area contributed by atoms with Gasteiger partial charge in [-0.05, 0) is 17.4 Å². The predicted octanol–water partition coefficient (Wildman–Crippen LogP) is 3.21. The van der Waals surface area contributed by atoms with E-state index in [0.717, 1.165) is 10.8 Å². The number of carbonyl (C=O) groups is 1. The van der Waals surface area contributed by atoms with Crippen LogP contribution in [0.1, 0.15) is 24.3 Å². The molecule has 0 aliphatic heterocycles. The second-order valence-corrected chi connectivity index (χ2v) is 5.01. The maximum Gasteiger partial charge on any atom is 0.293 e. The highest BCUT2D eigenvalue weighted by molar-refractivity contribution is 6.34. The van der Waals surface area contributed by atoms with E-state index in [2.05, 4.69) is 10.5 Å². The topological polar surface area (TPSA) is 51.2 Å². The van der Waals surface area contributed by atoms with E-state index in [0.29, 0.717) is 17.7 Å². The van der Waals surface area contributed by atoms with Crippen molar-refractivity contribution in [3.8, 4) is 0 Å². The molecule has 4 nitrogen and oxygen atoms in total. The molecule has 1 aromatic heterocycles. The van der Waals surface area contributed by atoms with Gasteiger partial charge in [-0.2, -0.15) is 0 Å². The molecule has 0 bridgehead atoms. The monoisotopic (exact) mass is 278 g/mol. The molecule has 0 spiro atoms. The molecular formula is C14H15ClN2O2. The first-order chi connectivity index (χ1) is 9.08. The van der Waals surface area contributed by atoms with E-state index >= 15 is 0 Å². The van der Waals surface area contributed by atoms with Gasteiger partial charge in [-0.1, -0.05) is 49.7 Å². The summed E-state index contributed by atoms with van der Waals surface area (Å²) in [6.45, 7) is 4.45. The molecule has 1 heterocycles. The molecule has 100 valence electrons. The summed E-state index contributed by atoms with van der Waals surface area (Å²) < 4.78 is 0. The van der Waals surface area contributed by atoms with Crippen molar-refractivity contribution in [2.24, 2.45) is 5.92 Å². The van der Waals surface area contributed by atoms with Crippen molar-refractivity contribution in [3.05, 3.63) is 41.2 Å². The Morgan fingerprint density at radius 1 is 1.42 bits per heavy atom. The Kier molecular flexibility index (Phi) is 4.35. The molecule has 1 amide bonds. The number of pyridine rings is 1. The number of hydrogen-bond acceptors (Lipinski definition) is 3. The lowest BCUT2D eigenvalue weighted by atomic mass is 10.1. The Labute approximate surface area is 116 Å². The van der Waals surface area contributed by atoms with Crippen molar-refractivity contribution in [1.29, 1.82) is 0 Å². The molecule has 0 saturated carbocycles. The van der Waals surface area contributed by atoms with Gasteiger partial charge >= 0.3 is 0 Å². The molecule has 0 radical (unpaired) electrons. The molecule has 5 heteroatoms. The van der Waals surface area contributed by atoms with Gasteiger partial charge in [0.15, 0.2) is 0 Å². The quantitative estimate of drug-likeness (QED) is 0.690. The van der Waals surface area contributed by atoms with Crippen LogP contribution in [0.2, 0.25) is 5.15 Å². The van der Waals surface area contributed by atoms with Crippen LogP contribution in [0.3, 0.4) is 0 Å². The maximum absolute atomic E-state index is 11.9. The Morgan fingerprint density at radius 2 is 2.16 bits per heavy atom. The van der Waals surface area contributed by atoms with Crippen LogP contribution >= 0.6 is 11.6 Å². The smallest absolute Gasteiger partial charge is 0.273 e. The number of hydroxylamine groups is 1. The van der Waals surface area contributed by atoms with Crippen LogP contribution in [0.4, 0.5) is 0 Å². The highest BCUT2D eigenvalue weighted by Gasteiger charge is 2.11. The third kappa shape index (κ3) is 3.43. The average molecular weight is 279 g/mol. The van der Waals surface area contributed by atoms with Crippen molar-refractivity contribution < 1.29 is 9.63 Å². The molecule has 0 atom stereocenters. The lowest BCUT2D eigenvalue weighted by molar-refractivity contribution is 0.0205. The van der Waals surface area contributed by atoms with Crippen molar-refractivity contribution in [1.82, 2.24) is 10.5 Å². The summed E-state index contributed by atoms with van der Waals surface area (Å²) in [4.78, 5) is 21.0. The number of halogens is 1. The van der Waals surface area contributed by atoms with E-state index in [9.17, 15) is 4.79 Å². The van der Waals surface area contributed by atoms with Gasteiger partial charge in [0.2, 0.25) is 0 Å². The number of fused-ring (bicyclic) bond motifs is 1. The number of amides is 1. The lowest BCUT2D eigenvalue weighted by Crippen LogP contribution is -2.26. The Balaban J connectivity index is 2.18. The summed E-state index contributed by atoms with van der Waals surface area (Å²) in [5.41, 5.74) is 2.61. The van der Waals surface area contributed by atoms with Gasteiger partial charge in [-0.3, -0.25) is 9.63 Å². The highest BCUT2D eigenvalue weighted by Crippen LogP contribution is 2.22. The van der Waals surface area contributed by atoms with Gasteiger partial charge in [-0.25, -0.2) is 10.5 Å². The molecule has 0 fully saturated rings. The fraction of sp³-hybridized carbons (Fsp3) is 0.286. The molecular weight excluding hydrogens is 264 g/mol. The van der Waals surface area contributed by atoms with E-state index in [4.69, 9.17) is 16.4 Å². The first-order valence-corrected chi connectivity index (χ1v) is 6.43. The third-order valence-electron chi connectivity index (χ3n) is 2.51. The minimum absolute atomic E-state index is 0.243. The summed E-state index contributed by atoms with van der Waals surface area (Å²) in [5.74, 6) is -0.0539. The lowest BCUT2D eigenvalue weighted by Gasteiger charge is -2.08. The zero-order chi connectivity index (χ0) is 13.8. The van der Waals surface area contributed by atoms with Crippen molar-refractivity contribution in [2.45, 2.75) is 13.8 Å². The molecule has 0 aliphatic rings. The Hall–Kier alpha value is -1.65. The van der Waals surface area contributed by atoms with Crippen LogP contribution < -0.4 is 5.48 Å². The summed E-state index contributed by atoms with van der Waals surface area (Å²) in [5, 5.41) is 2.01. The zero-order valence-electron chi connectivity index (χ0n) is 10.8. The molecule has 1 aromatic carbocycles. The van der Waals surface area contributed by atoms with Gasteiger partial charge in [0.1, 0.15) is 10.8 Å². The summed E-state index contributed by atoms with van der Waals surface area (Å²) >= 11 is 6.06. The normalized spacial score (nSPS) is 10.9. The maximum atomic E-state index is 11.9. The van der Waals surface area contributed by atoms with Crippen LogP contribution in [-0.4, -0.2) is 17.5 Å². The van der Waals surface area contributed by atoms with E-state index in [1.165, 1.54) is 0 Å². The van der Waals surface area contributed by atoms with Crippen LogP contribution in [-0.2, 0) is 4.84 Å². The second-order valence-electron chi connectivity index (χ2n) is 4.66. The Morgan fingerprint density at radius 3 is 2.89 bits per heavy atom. The first kappa shape index (κ1) is 13.8. The molecule has 19 heavy (non-hydrogen) atoms. The number of carbonyl (C=O) groups excluding carboxylic acids is 1. The molecule has 0 unspecified atom stereocenters. The number of aromatic nitrogens is 1. The standard InChI is InChI=1S/C14H15ClN2O2/c1-9(2)8-19-17-14(18)12-7-10-5-3-4-6-11(10)13(15)16-12/h3-7,9H,8H2,1-2H3,(H,17,18). The van der Waals surface area contributed by atoms with Crippen LogP contribution in [0.15, 0.2) is 30.3 Å². The molecule has 0 saturated heterocycles. The van der Waals surface area contributed by atoms with E-state index in [1.807, 2.05) is 38.1 Å². The van der Waals surface area contributed by atoms with Crippen LogP contribution in [0.5, 0.6) is 0 Å². The SMILES string of the molecule is CC(C)CONC(=O)c1cc2ccccc2c(Cl)n1. The summed E-state index contributed by atoms with van der Waals surface area (Å²) in [6.07, 6.45) is 0. The summed E-state index contributed by atoms with van der Waals surface area (Å²) in [6, 6.07) is 9.20. The predicted molar refractivity (Wildman–Crippen MR) is 75.0 cm³/mol. The number of hydrogen-bond donors (Lipinski definition) is 1. The minimum atomic E-state index is -0.395. The molecule has 0 aliphatic carbocycles. The third-order valence-corrected chi connectivity index (χ3v) is 2.80. The number of rotatable bonds is 4. The largest absolute Gasteiger partial charge is 0.293 e. The molecule has 2 rings (SSSR count). The average Bonchev–Trinajstić information content (AvgIpc) is 2.38. The van der Waals surface area contributed by atoms with E-state index in [-0.39, 0.29) is 5.69 Å². The second kappa shape index (κ2) is 5.99. The fourth-order valence-electron chi connectivity index (χ4n) is 1.60. The molecule has 1 N–H and O–H groups in total. The van der Waals surface area contributed by atoms with E-state index < -0.39 is 5.91 Å².